The minimum Gasteiger partial charge on any atom is -0.357 e. The van der Waals surface area contributed by atoms with E-state index in [1.165, 1.54) is 24.1 Å². The van der Waals surface area contributed by atoms with Gasteiger partial charge >= 0.3 is 6.03 Å². The Kier molecular flexibility index (Phi) is 6.37. The van der Waals surface area contributed by atoms with Gasteiger partial charge in [-0.2, -0.15) is 0 Å². The number of anilines is 1. The van der Waals surface area contributed by atoms with Gasteiger partial charge in [0.25, 0.3) is 0 Å². The molecule has 1 saturated heterocycles. The minimum atomic E-state index is -0.150. The van der Waals surface area contributed by atoms with E-state index in [0.717, 1.165) is 24.5 Å². The van der Waals surface area contributed by atoms with E-state index in [-0.39, 0.29) is 17.5 Å². The van der Waals surface area contributed by atoms with Crippen molar-refractivity contribution < 1.29 is 4.79 Å². The number of piperidine rings is 1. The molecule has 3 rings (SSSR count). The van der Waals surface area contributed by atoms with Crippen LogP contribution in [0.1, 0.15) is 56.5 Å². The quantitative estimate of drug-likeness (QED) is 0.782. The summed E-state index contributed by atoms with van der Waals surface area (Å²) in [4.78, 5) is 20.5. The van der Waals surface area contributed by atoms with Gasteiger partial charge < -0.3 is 15.5 Å². The number of nitrogens with zero attached hydrogens (tertiary/aromatic N) is 2. The molecule has 0 radical (unpaired) electrons. The van der Waals surface area contributed by atoms with E-state index in [1.54, 1.807) is 11.3 Å². The first-order chi connectivity index (χ1) is 12.9. The van der Waals surface area contributed by atoms with Crippen LogP contribution in [0.25, 0.3) is 0 Å². The first kappa shape index (κ1) is 19.7. The molecule has 2 aromatic rings. The Balaban J connectivity index is 1.53. The molecule has 3 heterocycles. The second-order valence-electron chi connectivity index (χ2n) is 8.21. The Morgan fingerprint density at radius 1 is 1.22 bits per heavy atom. The van der Waals surface area contributed by atoms with Crippen LogP contribution < -0.4 is 15.5 Å². The molecule has 6 heteroatoms. The predicted molar refractivity (Wildman–Crippen MR) is 112 cm³/mol. The topological polar surface area (TPSA) is 57.3 Å². The van der Waals surface area contributed by atoms with Gasteiger partial charge in [0, 0.05) is 30.7 Å². The highest BCUT2D eigenvalue weighted by molar-refractivity contribution is 7.10. The summed E-state index contributed by atoms with van der Waals surface area (Å²) >= 11 is 1.67. The van der Waals surface area contributed by atoms with Gasteiger partial charge in [-0.05, 0) is 47.8 Å². The number of carbonyl (C=O) groups is 1. The Bertz CT molecular complexity index is 716. The predicted octanol–water partition coefficient (Wildman–Crippen LogP) is 4.72. The summed E-state index contributed by atoms with van der Waals surface area (Å²) in [6.45, 7) is 9.07. The molecule has 1 aliphatic rings. The smallest absolute Gasteiger partial charge is 0.315 e. The minimum absolute atomic E-state index is 0.0166. The number of rotatable bonds is 5. The van der Waals surface area contributed by atoms with Crippen molar-refractivity contribution in [3.05, 3.63) is 46.3 Å². The number of amides is 2. The third kappa shape index (κ3) is 5.45. The molecular formula is C21H30N4OS. The number of carbonyl (C=O) groups excluding carboxylic acids is 1. The summed E-state index contributed by atoms with van der Waals surface area (Å²) in [5.41, 5.74) is 0.953. The van der Waals surface area contributed by atoms with E-state index in [0.29, 0.717) is 6.54 Å². The van der Waals surface area contributed by atoms with Crippen molar-refractivity contribution in [2.75, 3.05) is 18.0 Å². The number of nitrogens with one attached hydrogen (secondary N) is 2. The lowest BCUT2D eigenvalue weighted by Gasteiger charge is -2.30. The molecule has 5 nitrogen and oxygen atoms in total. The molecule has 1 fully saturated rings. The number of pyridine rings is 1. The van der Waals surface area contributed by atoms with Gasteiger partial charge in [-0.3, -0.25) is 0 Å². The fourth-order valence-electron chi connectivity index (χ4n) is 3.37. The lowest BCUT2D eigenvalue weighted by molar-refractivity contribution is 0.219. The third-order valence-corrected chi connectivity index (χ3v) is 5.85. The highest BCUT2D eigenvalue weighted by Crippen LogP contribution is 2.34. The lowest BCUT2D eigenvalue weighted by Crippen LogP contribution is -2.42. The number of thiophene rings is 1. The Morgan fingerprint density at radius 2 is 2.00 bits per heavy atom. The van der Waals surface area contributed by atoms with Crippen LogP contribution >= 0.6 is 11.3 Å². The van der Waals surface area contributed by atoms with Crippen LogP contribution in [0.3, 0.4) is 0 Å². The van der Waals surface area contributed by atoms with Gasteiger partial charge in [0.2, 0.25) is 0 Å². The summed E-state index contributed by atoms with van der Waals surface area (Å²) in [5.74, 6) is 1.04. The van der Waals surface area contributed by atoms with Crippen LogP contribution in [0.4, 0.5) is 10.6 Å². The van der Waals surface area contributed by atoms with E-state index in [4.69, 9.17) is 0 Å². The summed E-state index contributed by atoms with van der Waals surface area (Å²) in [7, 11) is 0. The summed E-state index contributed by atoms with van der Waals surface area (Å²) in [6, 6.07) is 8.04. The highest BCUT2D eigenvalue weighted by Gasteiger charge is 2.28. The van der Waals surface area contributed by atoms with Crippen molar-refractivity contribution in [3.63, 3.8) is 0 Å². The molecule has 2 aromatic heterocycles. The van der Waals surface area contributed by atoms with E-state index in [2.05, 4.69) is 59.5 Å². The molecule has 0 aliphatic carbocycles. The maximum absolute atomic E-state index is 12.4. The zero-order chi connectivity index (χ0) is 19.3. The van der Waals surface area contributed by atoms with Gasteiger partial charge in [0.15, 0.2) is 0 Å². The largest absolute Gasteiger partial charge is 0.357 e. The number of hydrogen-bond acceptors (Lipinski definition) is 4. The fourth-order valence-corrected chi connectivity index (χ4v) is 4.39. The third-order valence-electron chi connectivity index (χ3n) is 4.91. The summed E-state index contributed by atoms with van der Waals surface area (Å²) in [6.07, 6.45) is 5.66. The van der Waals surface area contributed by atoms with Gasteiger partial charge in [-0.25, -0.2) is 9.78 Å². The second-order valence-corrected chi connectivity index (χ2v) is 9.19. The van der Waals surface area contributed by atoms with Gasteiger partial charge in [-0.1, -0.05) is 32.9 Å². The first-order valence-corrected chi connectivity index (χ1v) is 10.6. The maximum Gasteiger partial charge on any atom is 0.315 e. The number of hydrogen-bond donors (Lipinski definition) is 2. The standard InChI is InChI=1S/C21H30N4OS/c1-21(2,3)19(17-8-7-13-27-17)24-20(26)23-15-16-9-10-18(22-14-16)25-11-5-4-6-12-25/h7-10,13-14,19H,4-6,11-12,15H2,1-3H3,(H2,23,24,26). The molecule has 2 amide bonds. The molecule has 1 unspecified atom stereocenters. The van der Waals surface area contributed by atoms with E-state index in [1.807, 2.05) is 17.6 Å². The molecule has 146 valence electrons. The Labute approximate surface area is 166 Å². The highest BCUT2D eigenvalue weighted by atomic mass is 32.1. The van der Waals surface area contributed by atoms with Crippen molar-refractivity contribution in [3.8, 4) is 0 Å². The van der Waals surface area contributed by atoms with Crippen molar-refractivity contribution >= 4 is 23.2 Å². The maximum atomic E-state index is 12.4. The van der Waals surface area contributed by atoms with Crippen LogP contribution in [0.5, 0.6) is 0 Å². The molecule has 1 aliphatic heterocycles. The van der Waals surface area contributed by atoms with Gasteiger partial charge in [0.1, 0.15) is 5.82 Å². The second kappa shape index (κ2) is 8.74. The lowest BCUT2D eigenvalue weighted by atomic mass is 9.86. The van der Waals surface area contributed by atoms with Crippen molar-refractivity contribution in [1.29, 1.82) is 0 Å². The molecule has 0 saturated carbocycles. The normalized spacial score (nSPS) is 16.0. The molecule has 0 aromatic carbocycles. The molecular weight excluding hydrogens is 356 g/mol. The van der Waals surface area contributed by atoms with Crippen LogP contribution in [0, 0.1) is 5.41 Å². The molecule has 1 atom stereocenters. The molecule has 0 bridgehead atoms. The molecule has 0 spiro atoms. The number of urea groups is 1. The van der Waals surface area contributed by atoms with Gasteiger partial charge in [0.05, 0.1) is 6.04 Å². The fraction of sp³-hybridized carbons (Fsp3) is 0.524. The van der Waals surface area contributed by atoms with Crippen LogP contribution in [0.2, 0.25) is 0 Å². The summed E-state index contributed by atoms with van der Waals surface area (Å²) < 4.78 is 0. The van der Waals surface area contributed by atoms with Crippen molar-refractivity contribution in [2.24, 2.45) is 5.41 Å². The van der Waals surface area contributed by atoms with Crippen LogP contribution in [-0.4, -0.2) is 24.1 Å². The van der Waals surface area contributed by atoms with E-state index in [9.17, 15) is 4.79 Å². The Morgan fingerprint density at radius 3 is 2.59 bits per heavy atom. The van der Waals surface area contributed by atoms with Crippen molar-refractivity contribution in [2.45, 2.75) is 52.6 Å². The van der Waals surface area contributed by atoms with E-state index >= 15 is 0 Å². The van der Waals surface area contributed by atoms with Crippen molar-refractivity contribution in [1.82, 2.24) is 15.6 Å². The first-order valence-electron chi connectivity index (χ1n) is 9.71. The van der Waals surface area contributed by atoms with Crippen LogP contribution in [-0.2, 0) is 6.54 Å². The average molecular weight is 387 g/mol. The Hall–Kier alpha value is -2.08. The molecule has 27 heavy (non-hydrogen) atoms. The monoisotopic (exact) mass is 386 g/mol. The zero-order valence-electron chi connectivity index (χ0n) is 16.5. The zero-order valence-corrected chi connectivity index (χ0v) is 17.3. The van der Waals surface area contributed by atoms with E-state index < -0.39 is 0 Å². The SMILES string of the molecule is CC(C)(C)C(NC(=O)NCc1ccc(N2CCCCC2)nc1)c1cccs1. The molecule has 2 N–H and O–H groups in total. The number of aromatic nitrogens is 1. The average Bonchev–Trinajstić information content (AvgIpc) is 3.19. The summed E-state index contributed by atoms with van der Waals surface area (Å²) in [5, 5.41) is 8.13. The van der Waals surface area contributed by atoms with Gasteiger partial charge in [-0.15, -0.1) is 11.3 Å². The van der Waals surface area contributed by atoms with Crippen LogP contribution in [0.15, 0.2) is 35.8 Å².